The van der Waals surface area contributed by atoms with Crippen LogP contribution in [-0.4, -0.2) is 110 Å². The predicted octanol–water partition coefficient (Wildman–Crippen LogP) is -2.66. The first-order chi connectivity index (χ1) is 14.7. The van der Waals surface area contributed by atoms with Crippen molar-refractivity contribution < 1.29 is 50.0 Å². The molecule has 1 aromatic rings. The molecular weight excluding hydrogens is 414 g/mol. The summed E-state index contributed by atoms with van der Waals surface area (Å²) in [6.45, 7) is 2.64. The van der Waals surface area contributed by atoms with E-state index in [4.69, 9.17) is 14.2 Å². The zero-order chi connectivity index (χ0) is 22.9. The summed E-state index contributed by atoms with van der Waals surface area (Å²) in [5.41, 5.74) is 2.74. The highest BCUT2D eigenvalue weighted by Gasteiger charge is 2.50. The molecule has 0 aliphatic carbocycles. The molecule has 11 nitrogen and oxygen atoms in total. The molecule has 176 valence electrons. The van der Waals surface area contributed by atoms with E-state index < -0.39 is 74.6 Å². The normalized spacial score (nSPS) is 41.2. The first-order valence-corrected chi connectivity index (χ1v) is 10.1. The number of rotatable bonds is 6. The Morgan fingerprint density at radius 2 is 1.48 bits per heavy atom. The minimum absolute atomic E-state index is 0.586. The summed E-state index contributed by atoms with van der Waals surface area (Å²) in [5, 5.41) is 73.2. The third kappa shape index (κ3) is 5.01. The van der Waals surface area contributed by atoms with Gasteiger partial charge in [-0.15, -0.1) is 0 Å². The van der Waals surface area contributed by atoms with Gasteiger partial charge in [-0.05, 0) is 37.1 Å². The van der Waals surface area contributed by atoms with E-state index in [-0.39, 0.29) is 0 Å². The highest BCUT2D eigenvalue weighted by Crippen LogP contribution is 2.30. The molecule has 2 saturated heterocycles. The van der Waals surface area contributed by atoms with Gasteiger partial charge in [0.15, 0.2) is 12.5 Å². The number of nitrogens with one attached hydrogen (secondary N) is 1. The second-order valence-corrected chi connectivity index (χ2v) is 8.00. The fourth-order valence-electron chi connectivity index (χ4n) is 3.70. The van der Waals surface area contributed by atoms with Gasteiger partial charge >= 0.3 is 0 Å². The van der Waals surface area contributed by atoms with Crippen LogP contribution in [0, 0.1) is 13.8 Å². The van der Waals surface area contributed by atoms with Gasteiger partial charge in [0.1, 0.15) is 48.8 Å². The Kier molecular flexibility index (Phi) is 7.86. The van der Waals surface area contributed by atoms with Crippen LogP contribution >= 0.6 is 0 Å². The maximum Gasteiger partial charge on any atom is 0.187 e. The second kappa shape index (κ2) is 10.0. The highest BCUT2D eigenvalue weighted by atomic mass is 16.7. The second-order valence-electron chi connectivity index (χ2n) is 8.00. The fraction of sp³-hybridized carbons (Fsp3) is 0.700. The van der Waals surface area contributed by atoms with Gasteiger partial charge in [-0.2, -0.15) is 0 Å². The highest BCUT2D eigenvalue weighted by molar-refractivity contribution is 5.48. The zero-order valence-electron chi connectivity index (χ0n) is 17.3. The SMILES string of the molecule is Cc1ccc(N[C@@H]2O[C@H](CO)[C@@H](O[C@@H]3O[C@H](CO)[C@H](O)[C@H](O)[C@H]3O)[C@H](O)[C@H]2O)cc1C. The number of aliphatic hydroxyl groups excluding tert-OH is 7. The van der Waals surface area contributed by atoms with Crippen LogP contribution in [0.2, 0.25) is 0 Å². The summed E-state index contributed by atoms with van der Waals surface area (Å²) in [4.78, 5) is 0. The third-order valence-corrected chi connectivity index (χ3v) is 5.82. The van der Waals surface area contributed by atoms with E-state index in [1.54, 1.807) is 6.07 Å². The van der Waals surface area contributed by atoms with Gasteiger partial charge in [0.2, 0.25) is 0 Å². The van der Waals surface area contributed by atoms with E-state index in [1.807, 2.05) is 26.0 Å². The summed E-state index contributed by atoms with van der Waals surface area (Å²) < 4.78 is 16.5. The minimum Gasteiger partial charge on any atom is -0.394 e. The smallest absolute Gasteiger partial charge is 0.187 e. The van der Waals surface area contributed by atoms with Gasteiger partial charge in [-0.1, -0.05) is 6.07 Å². The van der Waals surface area contributed by atoms with Crippen LogP contribution < -0.4 is 5.32 Å². The number of hydrogen-bond donors (Lipinski definition) is 8. The molecule has 0 spiro atoms. The van der Waals surface area contributed by atoms with Crippen LogP contribution in [0.15, 0.2) is 18.2 Å². The van der Waals surface area contributed by atoms with E-state index in [2.05, 4.69) is 5.32 Å². The summed E-state index contributed by atoms with van der Waals surface area (Å²) in [5.74, 6) is 0. The average Bonchev–Trinajstić information content (AvgIpc) is 2.75. The Morgan fingerprint density at radius 1 is 0.806 bits per heavy atom. The van der Waals surface area contributed by atoms with E-state index in [0.29, 0.717) is 5.69 Å². The maximum absolute atomic E-state index is 10.6. The van der Waals surface area contributed by atoms with Crippen LogP contribution in [0.25, 0.3) is 0 Å². The zero-order valence-corrected chi connectivity index (χ0v) is 17.3. The van der Waals surface area contributed by atoms with Gasteiger partial charge < -0.3 is 55.3 Å². The third-order valence-electron chi connectivity index (χ3n) is 5.82. The van der Waals surface area contributed by atoms with Crippen molar-refractivity contribution in [2.24, 2.45) is 0 Å². The Balaban J connectivity index is 1.72. The van der Waals surface area contributed by atoms with Crippen LogP contribution in [0.5, 0.6) is 0 Å². The first kappa shape index (κ1) is 24.3. The average molecular weight is 445 g/mol. The molecule has 8 N–H and O–H groups in total. The van der Waals surface area contributed by atoms with Crippen molar-refractivity contribution in [3.8, 4) is 0 Å². The van der Waals surface area contributed by atoms with Gasteiger partial charge in [-0.3, -0.25) is 0 Å². The van der Waals surface area contributed by atoms with Crippen LogP contribution in [0.3, 0.4) is 0 Å². The van der Waals surface area contributed by atoms with E-state index >= 15 is 0 Å². The number of aryl methyl sites for hydroxylation is 2. The summed E-state index contributed by atoms with van der Waals surface area (Å²) >= 11 is 0. The van der Waals surface area contributed by atoms with Crippen molar-refractivity contribution in [2.45, 2.75) is 75.2 Å². The number of hydrogen-bond acceptors (Lipinski definition) is 11. The van der Waals surface area contributed by atoms with Gasteiger partial charge in [0, 0.05) is 5.69 Å². The molecule has 0 saturated carbocycles. The maximum atomic E-state index is 10.6. The molecule has 2 heterocycles. The van der Waals surface area contributed by atoms with Crippen LogP contribution in [0.4, 0.5) is 5.69 Å². The molecule has 3 rings (SSSR count). The molecule has 0 unspecified atom stereocenters. The van der Waals surface area contributed by atoms with Gasteiger partial charge in [0.25, 0.3) is 0 Å². The predicted molar refractivity (Wildman–Crippen MR) is 106 cm³/mol. The fourth-order valence-corrected chi connectivity index (χ4v) is 3.70. The molecule has 1 aromatic carbocycles. The Labute approximate surface area is 179 Å². The van der Waals surface area contributed by atoms with Crippen molar-refractivity contribution in [3.05, 3.63) is 29.3 Å². The molecule has 2 fully saturated rings. The molecule has 2 aliphatic heterocycles. The standard InChI is InChI=1S/C20H31NO10/c1-8-3-4-10(5-9(8)2)21-19-16(27)15(26)18(12(7-23)29-19)31-20-17(28)14(25)13(24)11(6-22)30-20/h3-5,11-28H,6-7H2,1-2H3/t11-,12-,13+,14+,15-,16-,17-,18-,19-,20+/m1/s1. The molecule has 31 heavy (non-hydrogen) atoms. The van der Waals surface area contributed by atoms with Crippen LogP contribution in [-0.2, 0) is 14.2 Å². The first-order valence-electron chi connectivity index (χ1n) is 10.1. The Morgan fingerprint density at radius 3 is 2.10 bits per heavy atom. The molecule has 2 aliphatic rings. The molecule has 0 radical (unpaired) electrons. The molecule has 11 heteroatoms. The lowest BCUT2D eigenvalue weighted by atomic mass is 9.96. The molecule has 0 aromatic heterocycles. The van der Waals surface area contributed by atoms with Gasteiger partial charge in [-0.25, -0.2) is 0 Å². The molecule has 0 amide bonds. The summed E-state index contributed by atoms with van der Waals surface area (Å²) in [6.07, 6.45) is -14.2. The topological polar surface area (TPSA) is 181 Å². The lowest BCUT2D eigenvalue weighted by Crippen LogP contribution is -2.65. The number of anilines is 1. The minimum atomic E-state index is -1.70. The van der Waals surface area contributed by atoms with Crippen molar-refractivity contribution >= 4 is 5.69 Å². The van der Waals surface area contributed by atoms with E-state index in [1.165, 1.54) is 0 Å². The largest absolute Gasteiger partial charge is 0.394 e. The van der Waals surface area contributed by atoms with Gasteiger partial charge in [0.05, 0.1) is 13.2 Å². The lowest BCUT2D eigenvalue weighted by Gasteiger charge is -2.46. The van der Waals surface area contributed by atoms with Crippen molar-refractivity contribution in [1.82, 2.24) is 0 Å². The monoisotopic (exact) mass is 445 g/mol. The molecule has 0 bridgehead atoms. The van der Waals surface area contributed by atoms with E-state index in [0.717, 1.165) is 11.1 Å². The van der Waals surface area contributed by atoms with Crippen molar-refractivity contribution in [3.63, 3.8) is 0 Å². The quantitative estimate of drug-likeness (QED) is 0.229. The Hall–Kier alpha value is -1.38. The summed E-state index contributed by atoms with van der Waals surface area (Å²) in [6, 6.07) is 5.52. The summed E-state index contributed by atoms with van der Waals surface area (Å²) in [7, 11) is 0. The van der Waals surface area contributed by atoms with E-state index in [9.17, 15) is 35.7 Å². The lowest BCUT2D eigenvalue weighted by molar-refractivity contribution is -0.340. The van der Waals surface area contributed by atoms with Crippen LogP contribution in [0.1, 0.15) is 11.1 Å². The van der Waals surface area contributed by atoms with Crippen molar-refractivity contribution in [2.75, 3.05) is 18.5 Å². The number of benzene rings is 1. The Bertz CT molecular complexity index is 732. The molecule has 10 atom stereocenters. The molecular formula is C20H31NO10. The number of aliphatic hydroxyl groups is 7. The number of ether oxygens (including phenoxy) is 3. The van der Waals surface area contributed by atoms with Crippen molar-refractivity contribution in [1.29, 1.82) is 0 Å².